The third-order valence-corrected chi connectivity index (χ3v) is 6.07. The van der Waals surface area contributed by atoms with Crippen molar-refractivity contribution >= 4 is 38.6 Å². The van der Waals surface area contributed by atoms with Gasteiger partial charge in [0, 0.05) is 48.8 Å². The standard InChI is InChI=1S/C23H25N7O2S/c1-33(31,32)28-19-4-2-3-17(15-19)22-10-9-21-16-25-23(27-30(21)22)26-18-5-7-20(8-6-18)29-13-11-24-12-14-29/h2-10,15-16,24,28H,11-14H2,1H3,(H,26,27). The van der Waals surface area contributed by atoms with E-state index in [9.17, 15) is 8.42 Å². The van der Waals surface area contributed by atoms with Gasteiger partial charge in [-0.05, 0) is 48.5 Å². The topological polar surface area (TPSA) is 104 Å². The molecule has 5 rings (SSSR count). The molecule has 0 radical (unpaired) electrons. The third kappa shape index (κ3) is 4.91. The van der Waals surface area contributed by atoms with Crippen molar-refractivity contribution in [3.05, 3.63) is 66.9 Å². The number of nitrogens with zero attached hydrogens (tertiary/aromatic N) is 4. The van der Waals surface area contributed by atoms with E-state index in [1.807, 2.05) is 36.4 Å². The number of hydrogen-bond acceptors (Lipinski definition) is 7. The first-order valence-corrected chi connectivity index (χ1v) is 12.6. The second kappa shape index (κ2) is 8.72. The molecule has 0 unspecified atom stereocenters. The molecule has 0 atom stereocenters. The lowest BCUT2D eigenvalue weighted by Gasteiger charge is -2.29. The summed E-state index contributed by atoms with van der Waals surface area (Å²) in [5.74, 6) is 0.472. The molecule has 0 amide bonds. The molecule has 1 aliphatic heterocycles. The third-order valence-electron chi connectivity index (χ3n) is 5.47. The molecule has 2 aromatic carbocycles. The van der Waals surface area contributed by atoms with Gasteiger partial charge in [0.2, 0.25) is 16.0 Å². The average molecular weight is 464 g/mol. The van der Waals surface area contributed by atoms with Crippen LogP contribution in [0.3, 0.4) is 0 Å². The van der Waals surface area contributed by atoms with Gasteiger partial charge in [0.1, 0.15) is 0 Å². The molecule has 0 aliphatic carbocycles. The zero-order valence-electron chi connectivity index (χ0n) is 18.2. The quantitative estimate of drug-likeness (QED) is 0.404. The number of benzene rings is 2. The summed E-state index contributed by atoms with van der Waals surface area (Å²) in [6.07, 6.45) is 2.89. The van der Waals surface area contributed by atoms with Gasteiger partial charge < -0.3 is 15.5 Å². The molecule has 0 saturated carbocycles. The van der Waals surface area contributed by atoms with Crippen molar-refractivity contribution in [1.82, 2.24) is 19.9 Å². The Balaban J connectivity index is 1.39. The monoisotopic (exact) mass is 463 g/mol. The molecule has 0 bridgehead atoms. The Morgan fingerprint density at radius 1 is 0.970 bits per heavy atom. The molecule has 4 aromatic rings. The number of fused-ring (bicyclic) bond motifs is 1. The minimum absolute atomic E-state index is 0.472. The van der Waals surface area contributed by atoms with Crippen molar-refractivity contribution in [2.45, 2.75) is 0 Å². The predicted octanol–water partition coefficient (Wildman–Crippen LogP) is 2.92. The molecule has 10 heteroatoms. The average Bonchev–Trinajstić information content (AvgIpc) is 3.23. The van der Waals surface area contributed by atoms with Crippen molar-refractivity contribution in [2.24, 2.45) is 0 Å². The van der Waals surface area contributed by atoms with Gasteiger partial charge in [0.25, 0.3) is 0 Å². The van der Waals surface area contributed by atoms with Crippen molar-refractivity contribution < 1.29 is 8.42 Å². The van der Waals surface area contributed by atoms with Crippen LogP contribution in [0.25, 0.3) is 16.8 Å². The van der Waals surface area contributed by atoms with Gasteiger partial charge in [0.05, 0.1) is 23.7 Å². The fraction of sp³-hybridized carbons (Fsp3) is 0.217. The fourth-order valence-electron chi connectivity index (χ4n) is 3.94. The van der Waals surface area contributed by atoms with Crippen LogP contribution in [0.15, 0.2) is 66.9 Å². The van der Waals surface area contributed by atoms with Crippen LogP contribution in [0.2, 0.25) is 0 Å². The van der Waals surface area contributed by atoms with E-state index < -0.39 is 10.0 Å². The largest absolute Gasteiger partial charge is 0.369 e. The summed E-state index contributed by atoms with van der Waals surface area (Å²) in [5, 5.41) is 11.3. The van der Waals surface area contributed by atoms with Crippen LogP contribution >= 0.6 is 0 Å². The Morgan fingerprint density at radius 2 is 1.76 bits per heavy atom. The maximum atomic E-state index is 11.6. The summed E-state index contributed by atoms with van der Waals surface area (Å²) >= 11 is 0. The summed E-state index contributed by atoms with van der Waals surface area (Å²) in [7, 11) is -3.36. The van der Waals surface area contributed by atoms with Crippen LogP contribution in [-0.2, 0) is 10.0 Å². The first kappa shape index (κ1) is 21.2. The highest BCUT2D eigenvalue weighted by Gasteiger charge is 2.12. The predicted molar refractivity (Wildman–Crippen MR) is 132 cm³/mol. The molecular formula is C23H25N7O2S. The van der Waals surface area contributed by atoms with E-state index in [0.717, 1.165) is 54.9 Å². The number of piperazine rings is 1. The van der Waals surface area contributed by atoms with Gasteiger partial charge in [0.15, 0.2) is 0 Å². The van der Waals surface area contributed by atoms with Gasteiger partial charge >= 0.3 is 0 Å². The van der Waals surface area contributed by atoms with Gasteiger partial charge in [-0.1, -0.05) is 12.1 Å². The molecule has 1 aliphatic rings. The van der Waals surface area contributed by atoms with Gasteiger partial charge in [-0.2, -0.15) is 0 Å². The summed E-state index contributed by atoms with van der Waals surface area (Å²) in [4.78, 5) is 6.80. The van der Waals surface area contributed by atoms with Crippen LogP contribution in [-0.4, -0.2) is 55.5 Å². The molecule has 1 fully saturated rings. The second-order valence-electron chi connectivity index (χ2n) is 8.00. The van der Waals surface area contributed by atoms with E-state index in [0.29, 0.717) is 11.6 Å². The van der Waals surface area contributed by atoms with Crippen LogP contribution in [0.4, 0.5) is 23.0 Å². The van der Waals surface area contributed by atoms with Gasteiger partial charge in [-0.15, -0.1) is 5.10 Å². The van der Waals surface area contributed by atoms with Crippen molar-refractivity contribution in [3.8, 4) is 11.3 Å². The Morgan fingerprint density at radius 3 is 2.52 bits per heavy atom. The van der Waals surface area contributed by atoms with Gasteiger partial charge in [-0.25, -0.2) is 17.9 Å². The van der Waals surface area contributed by atoms with Crippen LogP contribution in [0.1, 0.15) is 0 Å². The molecule has 9 nitrogen and oxygen atoms in total. The van der Waals surface area contributed by atoms with Gasteiger partial charge in [-0.3, -0.25) is 4.72 Å². The van der Waals surface area contributed by atoms with Crippen molar-refractivity contribution in [2.75, 3.05) is 47.4 Å². The molecular weight excluding hydrogens is 438 g/mol. The van der Waals surface area contributed by atoms with E-state index >= 15 is 0 Å². The van der Waals surface area contributed by atoms with E-state index in [-0.39, 0.29) is 0 Å². The van der Waals surface area contributed by atoms with E-state index in [2.05, 4.69) is 42.5 Å². The van der Waals surface area contributed by atoms with Crippen LogP contribution in [0, 0.1) is 0 Å². The lowest BCUT2D eigenvalue weighted by molar-refractivity contribution is 0.589. The van der Waals surface area contributed by atoms with Crippen molar-refractivity contribution in [1.29, 1.82) is 0 Å². The summed E-state index contributed by atoms with van der Waals surface area (Å²) in [5.41, 5.74) is 5.12. The smallest absolute Gasteiger partial charge is 0.245 e. The lowest BCUT2D eigenvalue weighted by Crippen LogP contribution is -2.43. The van der Waals surface area contributed by atoms with Crippen molar-refractivity contribution in [3.63, 3.8) is 0 Å². The number of aromatic nitrogens is 3. The molecule has 3 N–H and O–H groups in total. The maximum absolute atomic E-state index is 11.6. The fourth-order valence-corrected chi connectivity index (χ4v) is 4.50. The number of hydrogen-bond donors (Lipinski definition) is 3. The molecule has 33 heavy (non-hydrogen) atoms. The van der Waals surface area contributed by atoms with E-state index in [1.165, 1.54) is 5.69 Å². The number of nitrogens with one attached hydrogen (secondary N) is 3. The first-order chi connectivity index (χ1) is 15.9. The zero-order valence-corrected chi connectivity index (χ0v) is 19.0. The Bertz CT molecular complexity index is 1380. The number of sulfonamides is 1. The first-order valence-electron chi connectivity index (χ1n) is 10.7. The second-order valence-corrected chi connectivity index (χ2v) is 9.75. The number of rotatable bonds is 6. The highest BCUT2D eigenvalue weighted by atomic mass is 32.2. The number of anilines is 4. The highest BCUT2D eigenvalue weighted by Crippen LogP contribution is 2.26. The summed E-state index contributed by atoms with van der Waals surface area (Å²) < 4.78 is 27.5. The summed E-state index contributed by atoms with van der Waals surface area (Å²) in [6.45, 7) is 4.01. The summed E-state index contributed by atoms with van der Waals surface area (Å²) in [6, 6.07) is 19.4. The molecule has 0 spiro atoms. The minimum Gasteiger partial charge on any atom is -0.369 e. The molecule has 170 valence electrons. The normalized spacial score (nSPS) is 14.4. The molecule has 1 saturated heterocycles. The zero-order chi connectivity index (χ0) is 22.8. The Kier molecular flexibility index (Phi) is 5.61. The lowest BCUT2D eigenvalue weighted by atomic mass is 10.1. The van der Waals surface area contributed by atoms with Crippen LogP contribution < -0.4 is 20.3 Å². The van der Waals surface area contributed by atoms with E-state index in [4.69, 9.17) is 0 Å². The molecule has 3 heterocycles. The van der Waals surface area contributed by atoms with Crippen LogP contribution in [0.5, 0.6) is 0 Å². The Hall–Kier alpha value is -3.63. The highest BCUT2D eigenvalue weighted by molar-refractivity contribution is 7.92. The van der Waals surface area contributed by atoms with E-state index in [1.54, 1.807) is 22.8 Å². The Labute approximate surface area is 192 Å². The minimum atomic E-state index is -3.36. The SMILES string of the molecule is CS(=O)(=O)Nc1cccc(-c2ccc3cnc(Nc4ccc(N5CCNCC5)cc4)nn23)c1. The maximum Gasteiger partial charge on any atom is 0.245 e. The molecule has 2 aromatic heterocycles.